The van der Waals surface area contributed by atoms with E-state index in [1.807, 2.05) is 84.9 Å². The van der Waals surface area contributed by atoms with Crippen LogP contribution in [0, 0.1) is 0 Å². The fourth-order valence-corrected chi connectivity index (χ4v) is 9.17. The van der Waals surface area contributed by atoms with Gasteiger partial charge in [-0.2, -0.15) is 0 Å². The summed E-state index contributed by atoms with van der Waals surface area (Å²) in [6, 6.07) is 53.3. The molecule has 3 heterocycles. The summed E-state index contributed by atoms with van der Waals surface area (Å²) in [6.07, 6.45) is 0. The summed E-state index contributed by atoms with van der Waals surface area (Å²) < 4.78 is 47.3. The van der Waals surface area contributed by atoms with E-state index >= 15 is 0 Å². The first-order valence-electron chi connectivity index (χ1n) is 20.9. The van der Waals surface area contributed by atoms with E-state index in [9.17, 15) is 0 Å². The Morgan fingerprint density at radius 2 is 0.946 bits per heavy atom. The van der Waals surface area contributed by atoms with Crippen LogP contribution in [0.4, 0.5) is 0 Å². The zero-order valence-corrected chi connectivity index (χ0v) is 30.6. The molecule has 0 bridgehead atoms. The second-order valence-electron chi connectivity index (χ2n) is 13.6. The van der Waals surface area contributed by atoms with Crippen molar-refractivity contribution >= 4 is 53.3 Å². The number of aromatic nitrogens is 4. The van der Waals surface area contributed by atoms with Gasteiger partial charge in [-0.1, -0.05) is 158 Å². The number of hydrogen-bond acceptors (Lipinski definition) is 4. The maximum absolute atomic E-state index is 8.95. The second-order valence-corrected chi connectivity index (χ2v) is 14.6. The van der Waals surface area contributed by atoms with E-state index in [1.54, 1.807) is 15.9 Å². The molecular formula is C51H32N4S. The topological polar surface area (TPSA) is 43.6 Å². The van der Waals surface area contributed by atoms with E-state index in [-0.39, 0.29) is 29.9 Å². The van der Waals surface area contributed by atoms with Crippen LogP contribution in [0.2, 0.25) is 0 Å². The quantitative estimate of drug-likeness (QED) is 0.171. The number of benzene rings is 8. The average molecular weight is 738 g/mol. The fourth-order valence-electron chi connectivity index (χ4n) is 7.96. The third-order valence-electron chi connectivity index (χ3n) is 10.4. The summed E-state index contributed by atoms with van der Waals surface area (Å²) in [4.78, 5) is 15.9. The number of nitrogens with zero attached hydrogens (tertiary/aromatic N) is 4. The molecule has 0 N–H and O–H groups in total. The van der Waals surface area contributed by atoms with E-state index in [1.165, 1.54) is 10.1 Å². The molecule has 56 heavy (non-hydrogen) atoms. The molecule has 0 saturated heterocycles. The largest absolute Gasteiger partial charge is 0.309 e. The van der Waals surface area contributed by atoms with Crippen LogP contribution in [0.1, 0.15) is 6.85 Å². The lowest BCUT2D eigenvalue weighted by Gasteiger charge is -2.15. The van der Waals surface area contributed by atoms with Crippen LogP contribution >= 0.6 is 11.3 Å². The Labute approximate surface area is 334 Å². The van der Waals surface area contributed by atoms with Crippen LogP contribution in [0.5, 0.6) is 0 Å². The van der Waals surface area contributed by atoms with Gasteiger partial charge >= 0.3 is 0 Å². The smallest absolute Gasteiger partial charge is 0.165 e. The summed E-state index contributed by atoms with van der Waals surface area (Å²) in [7, 11) is 0. The van der Waals surface area contributed by atoms with Gasteiger partial charge < -0.3 is 4.57 Å². The molecule has 262 valence electrons. The van der Waals surface area contributed by atoms with E-state index in [2.05, 4.69) is 78.9 Å². The zero-order valence-electron chi connectivity index (χ0n) is 34.8. The lowest BCUT2D eigenvalue weighted by Crippen LogP contribution is -2.02. The van der Waals surface area contributed by atoms with Crippen LogP contribution in [0.25, 0.3) is 104 Å². The number of fused-ring (bicyclic) bond motifs is 6. The van der Waals surface area contributed by atoms with Crippen LogP contribution in [-0.4, -0.2) is 19.5 Å². The number of para-hydroxylation sites is 2. The maximum Gasteiger partial charge on any atom is 0.165 e. The average Bonchev–Trinajstić information content (AvgIpc) is 3.87. The first-order valence-corrected chi connectivity index (χ1v) is 19.2. The SMILES string of the molecule is [2H]c1c([2H])c([2H])c(-n2c3ccccc3c3c(-c4ccccc4-c4nc(-c5ccccc5-c5ccccc5)nc(-c5cccc6c5sc5ccccc56)n4)cccc32)c([2H])c1[2H]. The zero-order chi connectivity index (χ0) is 41.4. The summed E-state index contributed by atoms with van der Waals surface area (Å²) in [6.45, 7) is 0. The van der Waals surface area contributed by atoms with Crippen molar-refractivity contribution in [2.75, 3.05) is 0 Å². The minimum Gasteiger partial charge on any atom is -0.309 e. The van der Waals surface area contributed by atoms with Gasteiger partial charge in [0.25, 0.3) is 0 Å². The standard InChI is InChI=1S/C51H32N4S/c1-3-17-33(18-4-1)35-21-7-9-24-40(35)49-52-50(54-51(53-49)43-29-15-28-39-37-23-12-14-32-46(37)56-48(39)43)41-25-10-8-22-36(41)38-27-16-31-45-47(38)42-26-11-13-30-44(42)55(45)34-19-5-2-6-20-34/h1-32H/i2D,5D,6D,19D,20D. The summed E-state index contributed by atoms with van der Waals surface area (Å²) in [5.74, 6) is 1.61. The van der Waals surface area contributed by atoms with Gasteiger partial charge in [-0.25, -0.2) is 15.0 Å². The van der Waals surface area contributed by atoms with Crippen molar-refractivity contribution in [2.24, 2.45) is 0 Å². The molecule has 0 saturated carbocycles. The predicted molar refractivity (Wildman–Crippen MR) is 234 cm³/mol. The highest BCUT2D eigenvalue weighted by molar-refractivity contribution is 7.26. The highest BCUT2D eigenvalue weighted by atomic mass is 32.1. The maximum atomic E-state index is 8.95. The lowest BCUT2D eigenvalue weighted by atomic mass is 9.94. The molecule has 0 unspecified atom stereocenters. The third kappa shape index (κ3) is 5.24. The lowest BCUT2D eigenvalue weighted by molar-refractivity contribution is 1.08. The highest BCUT2D eigenvalue weighted by Gasteiger charge is 2.22. The number of hydrogen-bond donors (Lipinski definition) is 0. The summed E-state index contributed by atoms with van der Waals surface area (Å²) in [5, 5.41) is 4.08. The van der Waals surface area contributed by atoms with Crippen LogP contribution in [0.15, 0.2) is 194 Å². The van der Waals surface area contributed by atoms with Crippen molar-refractivity contribution in [3.8, 4) is 62.1 Å². The molecule has 0 fully saturated rings. The Morgan fingerprint density at radius 1 is 0.411 bits per heavy atom. The van der Waals surface area contributed by atoms with Gasteiger partial charge in [0.05, 0.1) is 17.9 Å². The van der Waals surface area contributed by atoms with Crippen LogP contribution in [0.3, 0.4) is 0 Å². The minimum absolute atomic E-state index is 0.0990. The van der Waals surface area contributed by atoms with E-state index in [4.69, 9.17) is 21.8 Å². The Morgan fingerprint density at radius 3 is 1.73 bits per heavy atom. The molecule has 3 aromatic heterocycles. The molecule has 4 nitrogen and oxygen atoms in total. The number of thiophene rings is 1. The van der Waals surface area contributed by atoms with Crippen molar-refractivity contribution in [1.82, 2.24) is 19.5 Å². The first kappa shape index (κ1) is 27.4. The monoisotopic (exact) mass is 737 g/mol. The van der Waals surface area contributed by atoms with Gasteiger partial charge in [0, 0.05) is 53.3 Å². The molecule has 0 aliphatic heterocycles. The normalized spacial score (nSPS) is 12.8. The number of rotatable bonds is 6. The van der Waals surface area contributed by atoms with Gasteiger partial charge in [0.1, 0.15) is 0 Å². The molecule has 0 aliphatic carbocycles. The first-order chi connectivity index (χ1) is 29.9. The van der Waals surface area contributed by atoms with Gasteiger partial charge in [0.2, 0.25) is 0 Å². The Bertz CT molecular complexity index is 3530. The third-order valence-corrected chi connectivity index (χ3v) is 11.6. The molecule has 0 aliphatic rings. The van der Waals surface area contributed by atoms with Crippen molar-refractivity contribution in [3.05, 3.63) is 194 Å². The Hall–Kier alpha value is -7.21. The molecule has 0 radical (unpaired) electrons. The summed E-state index contributed by atoms with van der Waals surface area (Å²) in [5.41, 5.74) is 7.93. The predicted octanol–water partition coefficient (Wildman–Crippen LogP) is 13.7. The molecule has 11 rings (SSSR count). The second kappa shape index (κ2) is 13.3. The molecule has 0 amide bonds. The van der Waals surface area contributed by atoms with Crippen LogP contribution in [-0.2, 0) is 0 Å². The highest BCUT2D eigenvalue weighted by Crippen LogP contribution is 2.43. The molecular weight excluding hydrogens is 701 g/mol. The summed E-state index contributed by atoms with van der Waals surface area (Å²) >= 11 is 1.73. The molecule has 0 spiro atoms. The Kier molecular flexibility index (Phi) is 6.49. The van der Waals surface area contributed by atoms with E-state index in [0.717, 1.165) is 65.3 Å². The van der Waals surface area contributed by atoms with Crippen molar-refractivity contribution in [2.45, 2.75) is 0 Å². The van der Waals surface area contributed by atoms with Gasteiger partial charge in [-0.15, -0.1) is 11.3 Å². The fraction of sp³-hybridized carbons (Fsp3) is 0. The van der Waals surface area contributed by atoms with Crippen LogP contribution < -0.4 is 0 Å². The van der Waals surface area contributed by atoms with E-state index < -0.39 is 6.04 Å². The van der Waals surface area contributed by atoms with Crippen molar-refractivity contribution < 1.29 is 6.85 Å². The van der Waals surface area contributed by atoms with Gasteiger partial charge in [-0.3, -0.25) is 0 Å². The van der Waals surface area contributed by atoms with E-state index in [0.29, 0.717) is 23.0 Å². The molecule has 8 aromatic carbocycles. The Balaban J connectivity index is 1.19. The molecule has 11 aromatic rings. The van der Waals surface area contributed by atoms with Crippen molar-refractivity contribution in [3.63, 3.8) is 0 Å². The van der Waals surface area contributed by atoms with Gasteiger partial charge in [-0.05, 0) is 58.6 Å². The van der Waals surface area contributed by atoms with Gasteiger partial charge in [0.15, 0.2) is 17.5 Å². The minimum atomic E-state index is -0.430. The van der Waals surface area contributed by atoms with Crippen molar-refractivity contribution in [1.29, 1.82) is 0 Å². The molecule has 0 atom stereocenters. The molecule has 5 heteroatoms.